The number of aromatic hydroxyl groups is 1. The molecule has 2 aromatic rings. The lowest BCUT2D eigenvalue weighted by Gasteiger charge is -2.18. The first-order chi connectivity index (χ1) is 13.0. The van der Waals surface area contributed by atoms with Gasteiger partial charge in [0.15, 0.2) is 5.76 Å². The van der Waals surface area contributed by atoms with E-state index in [0.717, 1.165) is 6.07 Å². The second-order valence-corrected chi connectivity index (χ2v) is 5.57. The summed E-state index contributed by atoms with van der Waals surface area (Å²) < 4.78 is 15.8. The van der Waals surface area contributed by atoms with Crippen LogP contribution < -0.4 is 10.2 Å². The first-order valence-electron chi connectivity index (χ1n) is 8.28. The molecule has 0 saturated heterocycles. The van der Waals surface area contributed by atoms with E-state index >= 15 is 0 Å². The number of carbonyl (C=O) groups is 1. The molecule has 0 bridgehead atoms. The monoisotopic (exact) mass is 372 g/mol. The molecule has 0 amide bonds. The Morgan fingerprint density at radius 3 is 2.63 bits per heavy atom. The molecule has 0 radical (unpaired) electrons. The zero-order chi connectivity index (χ0) is 19.8. The van der Waals surface area contributed by atoms with E-state index in [1.54, 1.807) is 31.2 Å². The second-order valence-electron chi connectivity index (χ2n) is 5.57. The highest BCUT2D eigenvalue weighted by Gasteiger charge is 2.26. The van der Waals surface area contributed by atoms with Gasteiger partial charge < -0.3 is 24.1 Å². The maximum absolute atomic E-state index is 12.0. The highest BCUT2D eigenvalue weighted by molar-refractivity contribution is 5.71. The molecule has 0 fully saturated rings. The Kier molecular flexibility index (Phi) is 7.03. The van der Waals surface area contributed by atoms with Crippen LogP contribution in [0.1, 0.15) is 36.3 Å². The highest BCUT2D eigenvalue weighted by atomic mass is 16.5. The maximum atomic E-state index is 12.0. The van der Waals surface area contributed by atoms with Gasteiger partial charge in [-0.3, -0.25) is 9.59 Å². The Morgan fingerprint density at radius 2 is 2.04 bits per heavy atom. The molecule has 0 spiro atoms. The first-order valence-corrected chi connectivity index (χ1v) is 8.28. The Hall–Kier alpha value is -3.24. The molecular weight excluding hydrogens is 352 g/mol. The highest BCUT2D eigenvalue weighted by Crippen LogP contribution is 2.34. The van der Waals surface area contributed by atoms with Crippen molar-refractivity contribution in [2.45, 2.75) is 25.9 Å². The van der Waals surface area contributed by atoms with E-state index in [4.69, 9.17) is 20.3 Å². The third-order valence-corrected chi connectivity index (χ3v) is 3.75. The van der Waals surface area contributed by atoms with Gasteiger partial charge in [-0.1, -0.05) is 18.1 Å². The second kappa shape index (κ2) is 9.46. The summed E-state index contributed by atoms with van der Waals surface area (Å²) in [5.74, 6) is 0.828. The van der Waals surface area contributed by atoms with Gasteiger partial charge in [0.05, 0.1) is 18.9 Å². The minimum absolute atomic E-state index is 0.0179. The molecule has 0 saturated carbocycles. The van der Waals surface area contributed by atoms with Gasteiger partial charge in [0.2, 0.25) is 11.2 Å². The minimum atomic E-state index is -0.787. The summed E-state index contributed by atoms with van der Waals surface area (Å²) in [6, 6.07) is 7.63. The van der Waals surface area contributed by atoms with E-state index in [-0.39, 0.29) is 31.2 Å². The van der Waals surface area contributed by atoms with Crippen LogP contribution in [-0.4, -0.2) is 29.4 Å². The van der Waals surface area contributed by atoms with Crippen LogP contribution in [0.25, 0.3) is 0 Å². The van der Waals surface area contributed by atoms with Gasteiger partial charge in [0.1, 0.15) is 24.7 Å². The zero-order valence-corrected chi connectivity index (χ0v) is 14.8. The number of carbonyl (C=O) groups excluding carboxylic acids is 1. The van der Waals surface area contributed by atoms with Crippen molar-refractivity contribution in [2.24, 2.45) is 0 Å². The number of hydrogen-bond acceptors (Lipinski definition) is 7. The molecule has 0 aliphatic rings. The molecule has 1 aromatic carbocycles. The molecule has 7 nitrogen and oxygen atoms in total. The van der Waals surface area contributed by atoms with Crippen LogP contribution in [0.4, 0.5) is 0 Å². The van der Waals surface area contributed by atoms with Crippen molar-refractivity contribution < 1.29 is 28.9 Å². The Labute approximate surface area is 156 Å². The van der Waals surface area contributed by atoms with Crippen molar-refractivity contribution in [2.75, 3.05) is 13.2 Å². The summed E-state index contributed by atoms with van der Waals surface area (Å²) in [7, 11) is 0. The molecule has 2 N–H and O–H groups in total. The summed E-state index contributed by atoms with van der Waals surface area (Å²) in [6.45, 7) is 1.46. The van der Waals surface area contributed by atoms with Gasteiger partial charge in [-0.15, -0.1) is 6.42 Å². The van der Waals surface area contributed by atoms with Crippen LogP contribution >= 0.6 is 0 Å². The van der Waals surface area contributed by atoms with E-state index < -0.39 is 29.7 Å². The Bertz CT molecular complexity index is 875. The van der Waals surface area contributed by atoms with Crippen molar-refractivity contribution in [3.05, 3.63) is 57.6 Å². The molecule has 1 atom stereocenters. The van der Waals surface area contributed by atoms with Crippen molar-refractivity contribution in [1.82, 2.24) is 0 Å². The van der Waals surface area contributed by atoms with Crippen molar-refractivity contribution in [3.63, 3.8) is 0 Å². The lowest BCUT2D eigenvalue weighted by Crippen LogP contribution is -2.15. The Morgan fingerprint density at radius 1 is 1.33 bits per heavy atom. The molecule has 2 rings (SSSR count). The van der Waals surface area contributed by atoms with Crippen molar-refractivity contribution in [1.29, 1.82) is 0 Å². The zero-order valence-electron chi connectivity index (χ0n) is 14.8. The fraction of sp³-hybridized carbons (Fsp3) is 0.300. The van der Waals surface area contributed by atoms with Crippen molar-refractivity contribution in [3.8, 4) is 23.8 Å². The standard InChI is InChI=1S/C20H20O7/c1-3-9-26-14-7-5-13(6-8-14)16(11-18(23)25-4-2)20-19(24)17(22)10-15(12-21)27-20/h1,5-8,10,16,21,24H,4,9,11-12H2,2H3/t16-/m0/s1. The molecule has 1 heterocycles. The number of ether oxygens (including phenoxy) is 2. The molecule has 27 heavy (non-hydrogen) atoms. The predicted octanol–water partition coefficient (Wildman–Crippen LogP) is 1.93. The number of esters is 1. The quantitative estimate of drug-likeness (QED) is 0.539. The normalized spacial score (nSPS) is 11.4. The van der Waals surface area contributed by atoms with Gasteiger partial charge in [-0.2, -0.15) is 0 Å². The van der Waals surface area contributed by atoms with Crippen LogP contribution in [0.5, 0.6) is 11.5 Å². The first kappa shape index (κ1) is 20.1. The third-order valence-electron chi connectivity index (χ3n) is 3.75. The average molecular weight is 372 g/mol. The molecule has 142 valence electrons. The number of terminal acetylenes is 1. The molecule has 0 unspecified atom stereocenters. The fourth-order valence-electron chi connectivity index (χ4n) is 2.54. The van der Waals surface area contributed by atoms with Gasteiger partial charge in [-0.25, -0.2) is 0 Å². The van der Waals surface area contributed by atoms with Crippen LogP contribution in [0.2, 0.25) is 0 Å². The number of hydrogen-bond donors (Lipinski definition) is 2. The number of benzene rings is 1. The van der Waals surface area contributed by atoms with E-state index in [2.05, 4.69) is 5.92 Å². The van der Waals surface area contributed by atoms with Crippen molar-refractivity contribution >= 4 is 5.97 Å². The van der Waals surface area contributed by atoms with Gasteiger partial charge >= 0.3 is 5.97 Å². The predicted molar refractivity (Wildman–Crippen MR) is 96.4 cm³/mol. The number of aliphatic hydroxyl groups excluding tert-OH is 1. The summed E-state index contributed by atoms with van der Waals surface area (Å²) >= 11 is 0. The lowest BCUT2D eigenvalue weighted by molar-refractivity contribution is -0.143. The van der Waals surface area contributed by atoms with Gasteiger partial charge in [0, 0.05) is 6.07 Å². The SMILES string of the molecule is C#CCOc1ccc([C@H](CC(=O)OCC)c2oc(CO)cc(=O)c2O)cc1. The number of aliphatic hydroxyl groups is 1. The fourth-order valence-corrected chi connectivity index (χ4v) is 2.54. The lowest BCUT2D eigenvalue weighted by atomic mass is 9.92. The minimum Gasteiger partial charge on any atom is -0.502 e. The van der Waals surface area contributed by atoms with E-state index in [0.29, 0.717) is 11.3 Å². The summed E-state index contributed by atoms with van der Waals surface area (Å²) in [5, 5.41) is 19.5. The summed E-state index contributed by atoms with van der Waals surface area (Å²) in [5.41, 5.74) is -0.118. The molecule has 0 aliphatic heterocycles. The van der Waals surface area contributed by atoms with Crippen LogP contribution in [-0.2, 0) is 16.1 Å². The van der Waals surface area contributed by atoms with Crippen LogP contribution in [0, 0.1) is 12.3 Å². The summed E-state index contributed by atoms with van der Waals surface area (Å²) in [6.07, 6.45) is 4.99. The van der Waals surface area contributed by atoms with Crippen LogP contribution in [0.3, 0.4) is 0 Å². The van der Waals surface area contributed by atoms with Gasteiger partial charge in [0.25, 0.3) is 0 Å². The smallest absolute Gasteiger partial charge is 0.306 e. The van der Waals surface area contributed by atoms with E-state index in [1.165, 1.54) is 0 Å². The average Bonchev–Trinajstić information content (AvgIpc) is 2.67. The number of rotatable bonds is 8. The maximum Gasteiger partial charge on any atom is 0.306 e. The molecule has 7 heteroatoms. The van der Waals surface area contributed by atoms with E-state index in [9.17, 15) is 19.8 Å². The largest absolute Gasteiger partial charge is 0.502 e. The van der Waals surface area contributed by atoms with Gasteiger partial charge in [-0.05, 0) is 24.6 Å². The third kappa shape index (κ3) is 5.12. The van der Waals surface area contributed by atoms with E-state index in [1.807, 2.05) is 0 Å². The Balaban J connectivity index is 2.46. The molecule has 0 aliphatic carbocycles. The topological polar surface area (TPSA) is 106 Å². The van der Waals surface area contributed by atoms with Crippen LogP contribution in [0.15, 0.2) is 39.5 Å². The molecule has 1 aromatic heterocycles. The summed E-state index contributed by atoms with van der Waals surface area (Å²) in [4.78, 5) is 24.0. The molecular formula is C20H20O7.